The third-order valence-corrected chi connectivity index (χ3v) is 6.17. The van der Waals surface area contributed by atoms with Crippen LogP contribution in [0.4, 0.5) is 22.8 Å². The molecule has 13 heteroatoms. The third kappa shape index (κ3) is 8.85. The van der Waals surface area contributed by atoms with Crippen LogP contribution in [0, 0.1) is 0 Å². The average molecular weight is 579 g/mol. The number of benzene rings is 2. The van der Waals surface area contributed by atoms with Crippen molar-refractivity contribution in [3.63, 3.8) is 0 Å². The van der Waals surface area contributed by atoms with Crippen molar-refractivity contribution in [2.75, 3.05) is 20.2 Å². The molecule has 2 aromatic carbocycles. The molecule has 0 atom stereocenters. The van der Waals surface area contributed by atoms with Crippen molar-refractivity contribution in [3.8, 4) is 5.75 Å². The van der Waals surface area contributed by atoms with Crippen molar-refractivity contribution >= 4 is 24.1 Å². The van der Waals surface area contributed by atoms with E-state index in [2.05, 4.69) is 10.3 Å². The Labute approximate surface area is 235 Å². The monoisotopic (exact) mass is 578 g/mol. The maximum atomic E-state index is 14.2. The van der Waals surface area contributed by atoms with Crippen LogP contribution < -0.4 is 15.8 Å². The molecule has 0 saturated carbocycles. The van der Waals surface area contributed by atoms with E-state index in [0.717, 1.165) is 0 Å². The Morgan fingerprint density at radius 1 is 1.07 bits per heavy atom. The van der Waals surface area contributed by atoms with Crippen molar-refractivity contribution in [3.05, 3.63) is 64.7 Å². The maximum Gasteiger partial charge on any atom is 0.437 e. The standard InChI is InChI=1S/C28H33F3N4O6/c1-27(2,3)41-26(38)35-12-10-18(11-13-35)19-15-22(39-4)20(14-21(19)28(29,30)31)23(36)33-24(32)34-25(37)40-16-17-8-6-5-7-9-17/h5-9,14-15,18H,10-13,16H2,1-4H3,(H3,32,33,34,36,37). The van der Waals surface area contributed by atoms with Crippen LogP contribution in [0.2, 0.25) is 0 Å². The molecule has 1 fully saturated rings. The van der Waals surface area contributed by atoms with Gasteiger partial charge in [0.25, 0.3) is 5.91 Å². The summed E-state index contributed by atoms with van der Waals surface area (Å²) in [7, 11) is 1.21. The van der Waals surface area contributed by atoms with Crippen LogP contribution in [0.3, 0.4) is 0 Å². The number of carbonyl (C=O) groups excluding carboxylic acids is 3. The van der Waals surface area contributed by atoms with E-state index < -0.39 is 52.9 Å². The summed E-state index contributed by atoms with van der Waals surface area (Å²) in [5.74, 6) is -2.40. The predicted molar refractivity (Wildman–Crippen MR) is 143 cm³/mol. The van der Waals surface area contributed by atoms with Gasteiger partial charge in [-0.3, -0.25) is 10.1 Å². The lowest BCUT2D eigenvalue weighted by molar-refractivity contribution is -0.138. The summed E-state index contributed by atoms with van der Waals surface area (Å²) < 4.78 is 58.1. The number of methoxy groups -OCH3 is 1. The zero-order chi connectivity index (χ0) is 30.4. The van der Waals surface area contributed by atoms with Gasteiger partial charge < -0.3 is 24.8 Å². The lowest BCUT2D eigenvalue weighted by Gasteiger charge is -2.34. The molecule has 3 rings (SSSR count). The van der Waals surface area contributed by atoms with Gasteiger partial charge in [-0.15, -0.1) is 4.99 Å². The van der Waals surface area contributed by atoms with E-state index in [9.17, 15) is 27.6 Å². The smallest absolute Gasteiger partial charge is 0.437 e. The van der Waals surface area contributed by atoms with Crippen LogP contribution in [0.25, 0.3) is 0 Å². The Kier molecular flexibility index (Phi) is 9.84. The number of carbonyl (C=O) groups is 3. The van der Waals surface area contributed by atoms with Gasteiger partial charge in [-0.05, 0) is 62.8 Å². The Morgan fingerprint density at radius 2 is 1.71 bits per heavy atom. The Hall–Kier alpha value is -4.29. The highest BCUT2D eigenvalue weighted by Crippen LogP contribution is 2.42. The lowest BCUT2D eigenvalue weighted by atomic mass is 9.85. The largest absolute Gasteiger partial charge is 0.496 e. The second-order valence-electron chi connectivity index (χ2n) is 10.4. The van der Waals surface area contributed by atoms with Crippen LogP contribution in [0.5, 0.6) is 5.75 Å². The molecule has 41 heavy (non-hydrogen) atoms. The zero-order valence-electron chi connectivity index (χ0n) is 23.2. The van der Waals surface area contributed by atoms with Gasteiger partial charge in [0.05, 0.1) is 18.2 Å². The molecular formula is C28H33F3N4O6. The van der Waals surface area contributed by atoms with Gasteiger partial charge in [-0.1, -0.05) is 30.3 Å². The number of alkyl halides is 3. The molecule has 0 radical (unpaired) electrons. The number of ether oxygens (including phenoxy) is 3. The zero-order valence-corrected chi connectivity index (χ0v) is 23.2. The molecule has 0 bridgehead atoms. The first-order valence-corrected chi connectivity index (χ1v) is 12.8. The molecular weight excluding hydrogens is 545 g/mol. The highest BCUT2D eigenvalue weighted by molar-refractivity contribution is 6.08. The number of amides is 3. The summed E-state index contributed by atoms with van der Waals surface area (Å²) in [5.41, 5.74) is 4.10. The number of hydrogen-bond donors (Lipinski definition) is 2. The first kappa shape index (κ1) is 31.2. The minimum Gasteiger partial charge on any atom is -0.496 e. The Morgan fingerprint density at radius 3 is 2.27 bits per heavy atom. The van der Waals surface area contributed by atoms with Crippen molar-refractivity contribution in [1.29, 1.82) is 0 Å². The average Bonchev–Trinajstić information content (AvgIpc) is 2.90. The normalized spacial score (nSPS) is 14.8. The van der Waals surface area contributed by atoms with Gasteiger partial charge in [0.1, 0.15) is 18.0 Å². The van der Waals surface area contributed by atoms with E-state index in [1.54, 1.807) is 51.1 Å². The van der Waals surface area contributed by atoms with Crippen molar-refractivity contribution < 1.29 is 41.8 Å². The predicted octanol–water partition coefficient (Wildman–Crippen LogP) is 5.21. The number of nitrogens with zero attached hydrogens (tertiary/aromatic N) is 2. The summed E-state index contributed by atoms with van der Waals surface area (Å²) in [5, 5.41) is 2.10. The number of piperidine rings is 1. The molecule has 222 valence electrons. The van der Waals surface area contributed by atoms with Gasteiger partial charge >= 0.3 is 18.4 Å². The lowest BCUT2D eigenvalue weighted by Crippen LogP contribution is -2.41. The summed E-state index contributed by atoms with van der Waals surface area (Å²) in [4.78, 5) is 42.1. The fourth-order valence-corrected chi connectivity index (χ4v) is 4.29. The molecule has 1 aliphatic rings. The molecule has 1 aliphatic heterocycles. The Balaban J connectivity index is 1.76. The first-order chi connectivity index (χ1) is 19.2. The number of guanidine groups is 1. The minimum absolute atomic E-state index is 0.0548. The highest BCUT2D eigenvalue weighted by Gasteiger charge is 2.38. The molecule has 1 heterocycles. The van der Waals surface area contributed by atoms with Crippen LogP contribution in [0.1, 0.15) is 66.6 Å². The number of likely N-dealkylation sites (tertiary alicyclic amines) is 1. The molecule has 0 spiro atoms. The number of rotatable bonds is 5. The van der Waals surface area contributed by atoms with Gasteiger partial charge in [0.15, 0.2) is 0 Å². The molecule has 1 saturated heterocycles. The minimum atomic E-state index is -4.79. The van der Waals surface area contributed by atoms with Crippen molar-refractivity contribution in [2.45, 2.75) is 57.9 Å². The Bertz CT molecular complexity index is 1280. The van der Waals surface area contributed by atoms with Crippen LogP contribution >= 0.6 is 0 Å². The fraction of sp³-hybridized carbons (Fsp3) is 0.429. The molecule has 2 aromatic rings. The van der Waals surface area contributed by atoms with E-state index >= 15 is 0 Å². The van der Waals surface area contributed by atoms with E-state index in [4.69, 9.17) is 19.9 Å². The van der Waals surface area contributed by atoms with E-state index in [1.165, 1.54) is 18.1 Å². The van der Waals surface area contributed by atoms with Gasteiger partial charge in [0.2, 0.25) is 5.96 Å². The fourth-order valence-electron chi connectivity index (χ4n) is 4.29. The summed E-state index contributed by atoms with van der Waals surface area (Å²) in [6.45, 7) is 5.51. The second kappa shape index (κ2) is 12.9. The molecule has 0 unspecified atom stereocenters. The van der Waals surface area contributed by atoms with Gasteiger partial charge in [-0.25, -0.2) is 9.59 Å². The second-order valence-corrected chi connectivity index (χ2v) is 10.4. The molecule has 0 aromatic heterocycles. The van der Waals surface area contributed by atoms with Crippen molar-refractivity contribution in [1.82, 2.24) is 10.2 Å². The third-order valence-electron chi connectivity index (χ3n) is 6.17. The number of nitrogens with two attached hydrogens (primary N) is 1. The molecule has 3 amide bonds. The maximum absolute atomic E-state index is 14.2. The molecule has 3 N–H and O–H groups in total. The van der Waals surface area contributed by atoms with Crippen LogP contribution in [-0.2, 0) is 22.3 Å². The summed E-state index contributed by atoms with van der Waals surface area (Å²) in [6.07, 6.45) is -5.91. The topological polar surface area (TPSA) is 133 Å². The van der Waals surface area contributed by atoms with Gasteiger partial charge in [0, 0.05) is 13.1 Å². The number of hydrogen-bond acceptors (Lipinski definition) is 6. The van der Waals surface area contributed by atoms with Crippen LogP contribution in [-0.4, -0.2) is 54.8 Å². The van der Waals surface area contributed by atoms with E-state index in [-0.39, 0.29) is 43.9 Å². The molecule has 0 aliphatic carbocycles. The number of nitrogens with one attached hydrogen (secondary N) is 1. The van der Waals surface area contributed by atoms with E-state index in [1.807, 2.05) is 0 Å². The summed E-state index contributed by atoms with van der Waals surface area (Å²) >= 11 is 0. The molecule has 10 nitrogen and oxygen atoms in total. The van der Waals surface area contributed by atoms with E-state index in [0.29, 0.717) is 11.6 Å². The van der Waals surface area contributed by atoms with Crippen LogP contribution in [0.15, 0.2) is 47.5 Å². The van der Waals surface area contributed by atoms with Gasteiger partial charge in [-0.2, -0.15) is 13.2 Å². The highest BCUT2D eigenvalue weighted by atomic mass is 19.4. The summed E-state index contributed by atoms with van der Waals surface area (Å²) in [6, 6.07) is 10.6. The number of halogens is 3. The number of aliphatic imine (C=N–C) groups is 1. The quantitative estimate of drug-likeness (QED) is 0.368. The SMILES string of the molecule is COc1cc(C2CCN(C(=O)OC(C)(C)C)CC2)c(C(F)(F)F)cc1C(=O)N/C(N)=N\C(=O)OCc1ccccc1. The van der Waals surface area contributed by atoms with Crippen molar-refractivity contribution in [2.24, 2.45) is 10.7 Å². The first-order valence-electron chi connectivity index (χ1n) is 12.8.